The third-order valence-electron chi connectivity index (χ3n) is 3.36. The van der Waals surface area contributed by atoms with Crippen molar-refractivity contribution in [3.8, 4) is 17.5 Å². The molecule has 0 aliphatic heterocycles. The Labute approximate surface area is 126 Å². The van der Waals surface area contributed by atoms with Gasteiger partial charge < -0.3 is 4.57 Å². The van der Waals surface area contributed by atoms with Gasteiger partial charge in [-0.3, -0.25) is 0 Å². The smallest absolute Gasteiger partial charge is 0.144 e. The van der Waals surface area contributed by atoms with Crippen molar-refractivity contribution in [2.45, 2.75) is 13.5 Å². The van der Waals surface area contributed by atoms with Crippen LogP contribution in [0.15, 0.2) is 36.4 Å². The molecule has 2 aromatic carbocycles. The lowest BCUT2D eigenvalue weighted by molar-refractivity contribution is 0.628. The zero-order valence-electron chi connectivity index (χ0n) is 11.3. The highest BCUT2D eigenvalue weighted by molar-refractivity contribution is 6.30. The van der Waals surface area contributed by atoms with Crippen LogP contribution in [0.4, 0.5) is 4.39 Å². The Balaban J connectivity index is 2.32. The van der Waals surface area contributed by atoms with Gasteiger partial charge in [-0.05, 0) is 43.3 Å². The Bertz CT molecular complexity index is 877. The van der Waals surface area contributed by atoms with Crippen molar-refractivity contribution in [1.82, 2.24) is 9.55 Å². The molecule has 0 radical (unpaired) electrons. The van der Waals surface area contributed by atoms with Gasteiger partial charge in [0.15, 0.2) is 0 Å². The predicted molar refractivity (Wildman–Crippen MR) is 80.5 cm³/mol. The summed E-state index contributed by atoms with van der Waals surface area (Å²) >= 11 is 5.96. The SMILES string of the molecule is CCn1c(-c2cc(Cl)ccc2F)nc2cc(C#N)ccc21. The van der Waals surface area contributed by atoms with E-state index in [0.717, 1.165) is 5.52 Å². The number of benzene rings is 2. The summed E-state index contributed by atoms with van der Waals surface area (Å²) < 4.78 is 16.0. The van der Waals surface area contributed by atoms with Crippen LogP contribution in [-0.2, 0) is 6.54 Å². The van der Waals surface area contributed by atoms with Gasteiger partial charge in [-0.15, -0.1) is 0 Å². The number of hydrogen-bond donors (Lipinski definition) is 0. The molecule has 0 amide bonds. The van der Waals surface area contributed by atoms with Gasteiger partial charge in [-0.2, -0.15) is 5.26 Å². The number of rotatable bonds is 2. The summed E-state index contributed by atoms with van der Waals surface area (Å²) in [6.07, 6.45) is 0. The highest BCUT2D eigenvalue weighted by Gasteiger charge is 2.15. The molecule has 3 nitrogen and oxygen atoms in total. The number of halogens is 2. The average Bonchev–Trinajstić information content (AvgIpc) is 2.86. The van der Waals surface area contributed by atoms with E-state index in [-0.39, 0.29) is 5.82 Å². The van der Waals surface area contributed by atoms with Crippen LogP contribution in [0.25, 0.3) is 22.4 Å². The maximum atomic E-state index is 14.1. The molecule has 104 valence electrons. The number of imidazole rings is 1. The van der Waals surface area contributed by atoms with Gasteiger partial charge in [0.2, 0.25) is 0 Å². The fourth-order valence-electron chi connectivity index (χ4n) is 2.39. The first-order valence-electron chi connectivity index (χ1n) is 6.50. The van der Waals surface area contributed by atoms with Gasteiger partial charge >= 0.3 is 0 Å². The first-order chi connectivity index (χ1) is 10.1. The molecule has 5 heteroatoms. The van der Waals surface area contributed by atoms with Gasteiger partial charge in [0.05, 0.1) is 28.2 Å². The van der Waals surface area contributed by atoms with Crippen LogP contribution in [-0.4, -0.2) is 9.55 Å². The summed E-state index contributed by atoms with van der Waals surface area (Å²) in [6, 6.07) is 11.7. The van der Waals surface area contributed by atoms with E-state index in [2.05, 4.69) is 11.1 Å². The second-order valence-corrected chi connectivity index (χ2v) is 5.06. The van der Waals surface area contributed by atoms with E-state index in [1.807, 2.05) is 17.6 Å². The molecule has 0 unspecified atom stereocenters. The molecule has 0 saturated heterocycles. The van der Waals surface area contributed by atoms with Crippen LogP contribution in [0.3, 0.4) is 0 Å². The zero-order valence-corrected chi connectivity index (χ0v) is 12.0. The minimum atomic E-state index is -0.370. The Morgan fingerprint density at radius 1 is 1.29 bits per heavy atom. The summed E-state index contributed by atoms with van der Waals surface area (Å²) in [4.78, 5) is 4.48. The summed E-state index contributed by atoms with van der Waals surface area (Å²) in [6.45, 7) is 2.61. The van der Waals surface area contributed by atoms with E-state index in [0.29, 0.717) is 34.0 Å². The van der Waals surface area contributed by atoms with Gasteiger partial charge in [-0.1, -0.05) is 11.6 Å². The predicted octanol–water partition coefficient (Wildman–Crippen LogP) is 4.39. The van der Waals surface area contributed by atoms with Crippen molar-refractivity contribution in [2.24, 2.45) is 0 Å². The third-order valence-corrected chi connectivity index (χ3v) is 3.60. The van der Waals surface area contributed by atoms with E-state index >= 15 is 0 Å². The van der Waals surface area contributed by atoms with Crippen molar-refractivity contribution >= 4 is 22.6 Å². The maximum Gasteiger partial charge on any atom is 0.144 e. The summed E-state index contributed by atoms with van der Waals surface area (Å²) in [5.41, 5.74) is 2.43. The Kier molecular flexibility index (Phi) is 3.36. The molecule has 0 aliphatic rings. The fraction of sp³-hybridized carbons (Fsp3) is 0.125. The summed E-state index contributed by atoms with van der Waals surface area (Å²) in [5.74, 6) is 0.146. The van der Waals surface area contributed by atoms with Crippen molar-refractivity contribution in [2.75, 3.05) is 0 Å². The molecule has 3 rings (SSSR count). The lowest BCUT2D eigenvalue weighted by Crippen LogP contribution is -1.99. The summed E-state index contributed by atoms with van der Waals surface area (Å²) in [7, 11) is 0. The maximum absolute atomic E-state index is 14.1. The summed E-state index contributed by atoms with van der Waals surface area (Å²) in [5, 5.41) is 9.42. The normalized spacial score (nSPS) is 10.8. The second-order valence-electron chi connectivity index (χ2n) is 4.62. The van der Waals surface area contributed by atoms with Crippen molar-refractivity contribution in [3.05, 3.63) is 52.8 Å². The number of aromatic nitrogens is 2. The highest BCUT2D eigenvalue weighted by atomic mass is 35.5. The van der Waals surface area contributed by atoms with Crippen LogP contribution >= 0.6 is 11.6 Å². The standard InChI is InChI=1S/C16H11ClFN3/c1-2-21-15-6-3-10(9-19)7-14(15)20-16(21)12-8-11(17)4-5-13(12)18/h3-8H,2H2,1H3. The van der Waals surface area contributed by atoms with Crippen LogP contribution in [0.5, 0.6) is 0 Å². The topological polar surface area (TPSA) is 41.6 Å². The Morgan fingerprint density at radius 2 is 2.10 bits per heavy atom. The molecule has 0 spiro atoms. The van der Waals surface area contributed by atoms with Gasteiger partial charge in [-0.25, -0.2) is 9.37 Å². The quantitative estimate of drug-likeness (QED) is 0.704. The second kappa shape index (κ2) is 5.19. The largest absolute Gasteiger partial charge is 0.324 e. The molecule has 1 aromatic heterocycles. The minimum absolute atomic E-state index is 0.360. The molecule has 0 fully saturated rings. The lowest BCUT2D eigenvalue weighted by atomic mass is 10.2. The number of nitrogens with zero attached hydrogens (tertiary/aromatic N) is 3. The third kappa shape index (κ3) is 2.26. The minimum Gasteiger partial charge on any atom is -0.324 e. The molecule has 0 saturated carbocycles. The first kappa shape index (κ1) is 13.6. The van der Waals surface area contributed by atoms with Gasteiger partial charge in [0, 0.05) is 11.6 Å². The van der Waals surface area contributed by atoms with Crippen LogP contribution in [0.1, 0.15) is 12.5 Å². The number of nitriles is 1. The molecular formula is C16H11ClFN3. The number of hydrogen-bond acceptors (Lipinski definition) is 2. The van der Waals surface area contributed by atoms with E-state index in [1.54, 1.807) is 18.2 Å². The zero-order chi connectivity index (χ0) is 15.0. The van der Waals surface area contributed by atoms with Crippen LogP contribution < -0.4 is 0 Å². The first-order valence-corrected chi connectivity index (χ1v) is 6.87. The van der Waals surface area contributed by atoms with Crippen LogP contribution in [0, 0.1) is 17.1 Å². The van der Waals surface area contributed by atoms with E-state index in [9.17, 15) is 4.39 Å². The fourth-order valence-corrected chi connectivity index (χ4v) is 2.57. The Hall–Kier alpha value is -2.38. The van der Waals surface area contributed by atoms with Crippen molar-refractivity contribution in [3.63, 3.8) is 0 Å². The molecule has 3 aromatic rings. The van der Waals surface area contributed by atoms with Crippen molar-refractivity contribution < 1.29 is 4.39 Å². The van der Waals surface area contributed by atoms with Crippen molar-refractivity contribution in [1.29, 1.82) is 5.26 Å². The van der Waals surface area contributed by atoms with E-state index in [1.165, 1.54) is 12.1 Å². The monoisotopic (exact) mass is 299 g/mol. The Morgan fingerprint density at radius 3 is 2.81 bits per heavy atom. The van der Waals surface area contributed by atoms with Gasteiger partial charge in [0.1, 0.15) is 11.6 Å². The molecule has 0 bridgehead atoms. The van der Waals surface area contributed by atoms with Gasteiger partial charge in [0.25, 0.3) is 0 Å². The highest BCUT2D eigenvalue weighted by Crippen LogP contribution is 2.29. The average molecular weight is 300 g/mol. The molecule has 1 heterocycles. The molecule has 21 heavy (non-hydrogen) atoms. The number of aryl methyl sites for hydroxylation is 1. The number of fused-ring (bicyclic) bond motifs is 1. The van der Waals surface area contributed by atoms with E-state index in [4.69, 9.17) is 16.9 Å². The molecule has 0 N–H and O–H groups in total. The molecular weight excluding hydrogens is 289 g/mol. The molecule has 0 atom stereocenters. The lowest BCUT2D eigenvalue weighted by Gasteiger charge is -2.07. The molecule has 0 aliphatic carbocycles. The van der Waals surface area contributed by atoms with E-state index < -0.39 is 0 Å². The van der Waals surface area contributed by atoms with Crippen LogP contribution in [0.2, 0.25) is 5.02 Å².